The van der Waals surface area contributed by atoms with Crippen LogP contribution in [0.3, 0.4) is 0 Å². The standard InChI is InChI=1S/C26H28N6O4S/c1-18(26-35-13-14-37-26)30-36-16-23(33)28-29-24-20-8-2-3-10-22(20)32(25(24)34)17-31-12-5-4-9-21(31)19-7-6-11-27-15-19/h2-3,6-8,10-11,13-15,21,26,34H,4-5,9,12,16-17H2,1H3. The van der Waals surface area contributed by atoms with Gasteiger partial charge < -0.3 is 14.7 Å². The number of benzene rings is 1. The van der Waals surface area contributed by atoms with E-state index in [0.717, 1.165) is 36.9 Å². The minimum atomic E-state index is -0.612. The first-order valence-electron chi connectivity index (χ1n) is 12.1. The molecule has 1 amide bonds. The van der Waals surface area contributed by atoms with Gasteiger partial charge in [-0.1, -0.05) is 47.6 Å². The lowest BCUT2D eigenvalue weighted by atomic mass is 9.97. The maximum atomic E-state index is 12.3. The third-order valence-electron chi connectivity index (χ3n) is 6.38. The highest BCUT2D eigenvalue weighted by atomic mass is 32.2. The predicted molar refractivity (Wildman–Crippen MR) is 141 cm³/mol. The number of oxime groups is 1. The molecule has 1 fully saturated rings. The van der Waals surface area contributed by atoms with Gasteiger partial charge in [0.25, 0.3) is 0 Å². The van der Waals surface area contributed by atoms with Crippen LogP contribution < -0.4 is 0 Å². The van der Waals surface area contributed by atoms with E-state index < -0.39 is 5.91 Å². The summed E-state index contributed by atoms with van der Waals surface area (Å²) in [7, 11) is 0. The number of thioether (sulfide) groups is 1. The molecule has 11 heteroatoms. The number of nitrogens with zero attached hydrogens (tertiary/aromatic N) is 6. The molecular weight excluding hydrogens is 492 g/mol. The number of likely N-dealkylation sites (tertiary alicyclic amines) is 1. The van der Waals surface area contributed by atoms with Gasteiger partial charge in [-0.2, -0.15) is 0 Å². The van der Waals surface area contributed by atoms with Gasteiger partial charge >= 0.3 is 5.91 Å². The van der Waals surface area contributed by atoms with Gasteiger partial charge in [-0.3, -0.25) is 19.2 Å². The maximum Gasteiger partial charge on any atom is 0.304 e. The molecule has 1 N–H and O–H groups in total. The van der Waals surface area contributed by atoms with Gasteiger partial charge in [-0.05, 0) is 37.5 Å². The zero-order valence-electron chi connectivity index (χ0n) is 20.4. The molecule has 2 aliphatic heterocycles. The summed E-state index contributed by atoms with van der Waals surface area (Å²) in [4.78, 5) is 24.0. The van der Waals surface area contributed by atoms with E-state index in [-0.39, 0.29) is 29.7 Å². The van der Waals surface area contributed by atoms with E-state index in [4.69, 9.17) is 9.57 Å². The zero-order chi connectivity index (χ0) is 25.6. The fourth-order valence-electron chi connectivity index (χ4n) is 4.61. The number of pyridine rings is 1. The molecule has 0 saturated carbocycles. The lowest BCUT2D eigenvalue weighted by Gasteiger charge is -2.36. The van der Waals surface area contributed by atoms with Gasteiger partial charge in [0.1, 0.15) is 5.71 Å². The molecule has 2 atom stereocenters. The minimum absolute atomic E-state index is 0.0362. The Morgan fingerprint density at radius 3 is 2.97 bits per heavy atom. The van der Waals surface area contributed by atoms with Crippen LogP contribution >= 0.6 is 11.8 Å². The molecule has 10 nitrogen and oxygen atoms in total. The molecule has 0 aliphatic carbocycles. The third-order valence-corrected chi connectivity index (χ3v) is 7.35. The number of aromatic nitrogens is 2. The first-order valence-corrected chi connectivity index (χ1v) is 13.1. The van der Waals surface area contributed by atoms with E-state index >= 15 is 0 Å². The molecule has 1 saturated heterocycles. The number of ether oxygens (including phenoxy) is 1. The number of amides is 1. The zero-order valence-corrected chi connectivity index (χ0v) is 21.3. The summed E-state index contributed by atoms with van der Waals surface area (Å²) in [6, 6.07) is 11.8. The number of aromatic hydroxyl groups is 1. The van der Waals surface area contributed by atoms with Crippen LogP contribution in [0.5, 0.6) is 5.88 Å². The van der Waals surface area contributed by atoms with E-state index in [1.807, 2.05) is 46.5 Å². The van der Waals surface area contributed by atoms with Crippen molar-refractivity contribution in [2.75, 3.05) is 13.2 Å². The van der Waals surface area contributed by atoms with Crippen LogP contribution in [0.15, 0.2) is 75.8 Å². The number of piperidine rings is 1. The second kappa shape index (κ2) is 11.6. The van der Waals surface area contributed by atoms with Crippen molar-refractivity contribution in [1.29, 1.82) is 0 Å². The summed E-state index contributed by atoms with van der Waals surface area (Å²) in [5.74, 6) is -0.649. The molecule has 0 bridgehead atoms. The average Bonchev–Trinajstić information content (AvgIpc) is 3.56. The first kappa shape index (κ1) is 25.0. The van der Waals surface area contributed by atoms with E-state index in [0.29, 0.717) is 17.8 Å². The molecule has 0 spiro atoms. The van der Waals surface area contributed by atoms with Crippen molar-refractivity contribution >= 4 is 40.0 Å². The van der Waals surface area contributed by atoms with E-state index in [1.54, 1.807) is 19.4 Å². The summed E-state index contributed by atoms with van der Waals surface area (Å²) in [6.07, 6.45) is 8.52. The van der Waals surface area contributed by atoms with Gasteiger partial charge in [0, 0.05) is 35.8 Å². The summed E-state index contributed by atoms with van der Waals surface area (Å²) in [5.41, 5.74) is 2.58. The molecule has 1 aromatic carbocycles. The van der Waals surface area contributed by atoms with Crippen LogP contribution in [0.1, 0.15) is 37.8 Å². The Morgan fingerprint density at radius 1 is 1.27 bits per heavy atom. The summed E-state index contributed by atoms with van der Waals surface area (Å²) < 4.78 is 7.15. The predicted octanol–water partition coefficient (Wildman–Crippen LogP) is 5.49. The van der Waals surface area contributed by atoms with Crippen molar-refractivity contribution in [3.05, 3.63) is 66.0 Å². The average molecular weight is 521 g/mol. The number of hydrogen-bond donors (Lipinski definition) is 1. The molecule has 0 radical (unpaired) electrons. The van der Waals surface area contributed by atoms with Crippen molar-refractivity contribution in [2.45, 2.75) is 44.3 Å². The molecule has 2 aromatic heterocycles. The number of fused-ring (bicyclic) bond motifs is 1. The highest BCUT2D eigenvalue weighted by molar-refractivity contribution is 8.03. The second-order valence-electron chi connectivity index (χ2n) is 8.85. The molecule has 5 rings (SSSR count). The lowest BCUT2D eigenvalue weighted by molar-refractivity contribution is -0.122. The lowest BCUT2D eigenvalue weighted by Crippen LogP contribution is -2.34. The van der Waals surface area contributed by atoms with Gasteiger partial charge in [-0.15, -0.1) is 10.2 Å². The SMILES string of the molecule is CC(=NOCC(=O)N=Nc1c(O)n(CN2CCCCC2c2cccnc2)c2ccccc12)C1OC=CS1. The summed E-state index contributed by atoms with van der Waals surface area (Å²) >= 11 is 1.46. The number of azo groups is 1. The molecule has 37 heavy (non-hydrogen) atoms. The van der Waals surface area contributed by atoms with E-state index in [1.165, 1.54) is 11.8 Å². The molecule has 4 heterocycles. The maximum absolute atomic E-state index is 12.3. The first-order chi connectivity index (χ1) is 18.1. The van der Waals surface area contributed by atoms with E-state index in [2.05, 4.69) is 31.3 Å². The highest BCUT2D eigenvalue weighted by Gasteiger charge is 2.27. The molecule has 2 unspecified atom stereocenters. The smallest absolute Gasteiger partial charge is 0.304 e. The van der Waals surface area contributed by atoms with Crippen molar-refractivity contribution in [2.24, 2.45) is 15.4 Å². The Bertz CT molecular complexity index is 1330. The number of para-hydroxylation sites is 1. The van der Waals surface area contributed by atoms with Crippen molar-refractivity contribution in [1.82, 2.24) is 14.5 Å². The number of carbonyl (C=O) groups is 1. The van der Waals surface area contributed by atoms with Crippen LogP contribution in [0.2, 0.25) is 0 Å². The van der Waals surface area contributed by atoms with Crippen LogP contribution in [-0.2, 0) is 21.0 Å². The normalized spacial score (nSPS) is 20.5. The van der Waals surface area contributed by atoms with Crippen LogP contribution in [0.4, 0.5) is 5.69 Å². The van der Waals surface area contributed by atoms with Gasteiger partial charge in [-0.25, -0.2) is 0 Å². The number of carbonyl (C=O) groups excluding carboxylic acids is 1. The fourth-order valence-corrected chi connectivity index (χ4v) is 5.25. The Kier molecular flexibility index (Phi) is 7.81. The number of rotatable bonds is 8. The highest BCUT2D eigenvalue weighted by Crippen LogP contribution is 2.40. The minimum Gasteiger partial charge on any atom is -0.493 e. The monoisotopic (exact) mass is 520 g/mol. The Morgan fingerprint density at radius 2 is 2.16 bits per heavy atom. The second-order valence-corrected chi connectivity index (χ2v) is 9.82. The van der Waals surface area contributed by atoms with E-state index in [9.17, 15) is 9.90 Å². The number of hydrogen-bond acceptors (Lipinski definition) is 9. The largest absolute Gasteiger partial charge is 0.493 e. The Hall–Kier alpha value is -3.70. The Balaban J connectivity index is 1.32. The molecular formula is C26H28N6O4S. The third kappa shape index (κ3) is 5.67. The van der Waals surface area contributed by atoms with Gasteiger partial charge in [0.15, 0.2) is 17.7 Å². The molecule has 3 aromatic rings. The van der Waals surface area contributed by atoms with Crippen LogP contribution in [0.25, 0.3) is 10.9 Å². The Labute approximate surface area is 218 Å². The summed E-state index contributed by atoms with van der Waals surface area (Å²) in [6.45, 7) is 2.76. The summed E-state index contributed by atoms with van der Waals surface area (Å²) in [5, 5.41) is 25.5. The van der Waals surface area contributed by atoms with Crippen molar-refractivity contribution in [3.8, 4) is 5.88 Å². The van der Waals surface area contributed by atoms with Crippen LogP contribution in [0, 0.1) is 0 Å². The van der Waals surface area contributed by atoms with Gasteiger partial charge in [0.2, 0.25) is 5.88 Å². The quantitative estimate of drug-likeness (QED) is 0.237. The van der Waals surface area contributed by atoms with Gasteiger partial charge in [0.05, 0.1) is 18.4 Å². The van der Waals surface area contributed by atoms with Crippen molar-refractivity contribution in [3.63, 3.8) is 0 Å². The van der Waals surface area contributed by atoms with Crippen molar-refractivity contribution < 1.29 is 19.5 Å². The van der Waals surface area contributed by atoms with Crippen LogP contribution in [-0.4, -0.2) is 49.8 Å². The molecule has 192 valence electrons. The molecule has 2 aliphatic rings. The fraction of sp³-hybridized carbons (Fsp3) is 0.346. The topological polar surface area (TPSA) is 114 Å².